The molecule has 5 nitrogen and oxygen atoms in total. The average molecular weight is 426 g/mol. The number of hydrogen-bond donors (Lipinski definition) is 1. The van der Waals surface area contributed by atoms with Gasteiger partial charge in [-0.3, -0.25) is 0 Å². The third-order valence-corrected chi connectivity index (χ3v) is 5.44. The number of ether oxygens (including phenoxy) is 2. The summed E-state index contributed by atoms with van der Waals surface area (Å²) in [6, 6.07) is 9.14. The first kappa shape index (κ1) is 19.5. The fourth-order valence-electron chi connectivity index (χ4n) is 2.80. The third-order valence-electron chi connectivity index (χ3n) is 4.25. The Morgan fingerprint density at radius 2 is 2.14 bits per heavy atom. The number of benzene rings is 1. The molecule has 2 aromatic heterocycles. The van der Waals surface area contributed by atoms with Gasteiger partial charge in [-0.2, -0.15) is 0 Å². The molecule has 0 radical (unpaired) electrons. The molecule has 1 aliphatic carbocycles. The Morgan fingerprint density at radius 3 is 2.90 bits per heavy atom. The van der Waals surface area contributed by atoms with Crippen LogP contribution in [0.4, 0.5) is 10.9 Å². The number of halogens is 1. The van der Waals surface area contributed by atoms with Gasteiger partial charge in [0.15, 0.2) is 16.7 Å². The number of rotatable bonds is 7. The smallest absolute Gasteiger partial charge is 0.188 e. The molecule has 0 saturated heterocycles. The molecule has 0 atom stereocenters. The highest BCUT2D eigenvalue weighted by molar-refractivity contribution is 7.13. The number of aromatic nitrogens is 2. The Hall–Kier alpha value is -2.83. The minimum Gasteiger partial charge on any atom is -0.485 e. The minimum absolute atomic E-state index is 0.493. The number of hydrogen-bond acceptors (Lipinski definition) is 6. The van der Waals surface area contributed by atoms with E-state index in [2.05, 4.69) is 33.5 Å². The molecular weight excluding hydrogens is 406 g/mol. The van der Waals surface area contributed by atoms with Crippen molar-refractivity contribution in [3.63, 3.8) is 0 Å². The summed E-state index contributed by atoms with van der Waals surface area (Å²) in [4.78, 5) is 8.94. The summed E-state index contributed by atoms with van der Waals surface area (Å²) >= 11 is 7.73. The van der Waals surface area contributed by atoms with E-state index >= 15 is 0 Å². The van der Waals surface area contributed by atoms with Crippen molar-refractivity contribution in [2.75, 3.05) is 11.9 Å². The largest absolute Gasteiger partial charge is 0.485 e. The van der Waals surface area contributed by atoms with Crippen LogP contribution in [0.5, 0.6) is 17.2 Å². The molecule has 1 aromatic carbocycles. The fourth-order valence-corrected chi connectivity index (χ4v) is 3.66. The van der Waals surface area contributed by atoms with Crippen molar-refractivity contribution in [1.29, 1.82) is 0 Å². The van der Waals surface area contributed by atoms with E-state index < -0.39 is 0 Å². The van der Waals surface area contributed by atoms with Crippen LogP contribution in [0.1, 0.15) is 18.5 Å². The highest BCUT2D eigenvalue weighted by atomic mass is 35.5. The summed E-state index contributed by atoms with van der Waals surface area (Å²) in [7, 11) is 0. The SMILES string of the molecule is Cc1csc(Nc2ncc(Oc3ccccc3Cl)cc2OCC2=CC=CCC2)n1. The predicted molar refractivity (Wildman–Crippen MR) is 118 cm³/mol. The molecule has 29 heavy (non-hydrogen) atoms. The number of pyridine rings is 1. The van der Waals surface area contributed by atoms with Crippen molar-refractivity contribution in [1.82, 2.24) is 9.97 Å². The highest BCUT2D eigenvalue weighted by Gasteiger charge is 2.13. The van der Waals surface area contributed by atoms with Gasteiger partial charge in [-0.05, 0) is 37.5 Å². The molecule has 1 N–H and O–H groups in total. The zero-order valence-electron chi connectivity index (χ0n) is 15.9. The van der Waals surface area contributed by atoms with Gasteiger partial charge in [-0.1, -0.05) is 42.0 Å². The van der Waals surface area contributed by atoms with Crippen LogP contribution in [0, 0.1) is 6.92 Å². The Kier molecular flexibility index (Phi) is 6.12. The molecule has 0 bridgehead atoms. The van der Waals surface area contributed by atoms with Gasteiger partial charge >= 0.3 is 0 Å². The number of aryl methyl sites for hydroxylation is 1. The van der Waals surface area contributed by atoms with Crippen LogP contribution in [0.3, 0.4) is 0 Å². The molecule has 0 spiro atoms. The normalized spacial score (nSPS) is 13.1. The van der Waals surface area contributed by atoms with E-state index in [-0.39, 0.29) is 0 Å². The van der Waals surface area contributed by atoms with Crippen molar-refractivity contribution in [2.45, 2.75) is 19.8 Å². The number of nitrogens with one attached hydrogen (secondary N) is 1. The lowest BCUT2D eigenvalue weighted by Crippen LogP contribution is -2.06. The molecule has 148 valence electrons. The number of allylic oxidation sites excluding steroid dienone is 3. The van der Waals surface area contributed by atoms with Crippen LogP contribution in [0.25, 0.3) is 0 Å². The van der Waals surface area contributed by atoms with Crippen LogP contribution in [0.15, 0.2) is 65.7 Å². The van der Waals surface area contributed by atoms with E-state index in [0.717, 1.165) is 23.7 Å². The van der Waals surface area contributed by atoms with Gasteiger partial charge < -0.3 is 14.8 Å². The monoisotopic (exact) mass is 425 g/mol. The van der Waals surface area contributed by atoms with Gasteiger partial charge in [0, 0.05) is 11.4 Å². The Balaban J connectivity index is 1.58. The molecule has 7 heteroatoms. The predicted octanol–water partition coefficient (Wildman–Crippen LogP) is 6.69. The van der Waals surface area contributed by atoms with Crippen LogP contribution in [-0.2, 0) is 0 Å². The molecule has 0 aliphatic heterocycles. The molecule has 0 unspecified atom stereocenters. The molecule has 0 saturated carbocycles. The summed E-state index contributed by atoms with van der Waals surface area (Å²) in [5, 5.41) is 6.52. The van der Waals surface area contributed by atoms with Crippen molar-refractivity contribution < 1.29 is 9.47 Å². The quantitative estimate of drug-likeness (QED) is 0.456. The lowest BCUT2D eigenvalue weighted by molar-refractivity contribution is 0.345. The molecule has 4 rings (SSSR count). The van der Waals surface area contributed by atoms with E-state index in [1.807, 2.05) is 36.6 Å². The van der Waals surface area contributed by atoms with Gasteiger partial charge in [0.05, 0.1) is 16.9 Å². The van der Waals surface area contributed by atoms with E-state index in [1.165, 1.54) is 16.9 Å². The molecule has 2 heterocycles. The Bertz CT molecular complexity index is 1060. The second-order valence-corrected chi connectivity index (χ2v) is 7.82. The van der Waals surface area contributed by atoms with Crippen LogP contribution < -0.4 is 14.8 Å². The first-order valence-corrected chi connectivity index (χ1v) is 10.5. The van der Waals surface area contributed by atoms with Gasteiger partial charge in [0.2, 0.25) is 0 Å². The Labute approximate surface area is 178 Å². The number of nitrogens with zero attached hydrogens (tertiary/aromatic N) is 2. The lowest BCUT2D eigenvalue weighted by atomic mass is 10.1. The van der Waals surface area contributed by atoms with Gasteiger partial charge in [0.1, 0.15) is 18.1 Å². The van der Waals surface area contributed by atoms with Crippen molar-refractivity contribution in [2.24, 2.45) is 0 Å². The maximum atomic E-state index is 6.21. The summed E-state index contributed by atoms with van der Waals surface area (Å²) in [5.41, 5.74) is 2.19. The molecule has 1 aliphatic rings. The third kappa shape index (κ3) is 5.16. The second-order valence-electron chi connectivity index (χ2n) is 6.55. The standard InChI is InChI=1S/C22H20ClN3O2S/c1-15-14-29-22(25-15)26-21-20(27-13-16-7-3-2-4-8-16)11-17(12-24-21)28-19-10-6-5-9-18(19)23/h2-3,5-7,9-12,14H,4,8,13H2,1H3,(H,24,25,26). The topological polar surface area (TPSA) is 56.3 Å². The first-order valence-electron chi connectivity index (χ1n) is 9.26. The lowest BCUT2D eigenvalue weighted by Gasteiger charge is -2.15. The van der Waals surface area contributed by atoms with E-state index in [9.17, 15) is 0 Å². The average Bonchev–Trinajstić information content (AvgIpc) is 3.15. The zero-order valence-corrected chi connectivity index (χ0v) is 17.5. The minimum atomic E-state index is 0.493. The van der Waals surface area contributed by atoms with E-state index in [4.69, 9.17) is 21.1 Å². The maximum absolute atomic E-state index is 6.21. The number of anilines is 2. The van der Waals surface area contributed by atoms with E-state index in [0.29, 0.717) is 34.7 Å². The van der Waals surface area contributed by atoms with Crippen molar-refractivity contribution in [3.05, 3.63) is 76.4 Å². The summed E-state index contributed by atoms with van der Waals surface area (Å²) < 4.78 is 12.0. The summed E-state index contributed by atoms with van der Waals surface area (Å²) in [5.74, 6) is 2.31. The van der Waals surface area contributed by atoms with Gasteiger partial charge in [0.25, 0.3) is 0 Å². The van der Waals surface area contributed by atoms with Gasteiger partial charge in [-0.25, -0.2) is 9.97 Å². The van der Waals surface area contributed by atoms with E-state index in [1.54, 1.807) is 12.3 Å². The maximum Gasteiger partial charge on any atom is 0.188 e. The van der Waals surface area contributed by atoms with Gasteiger partial charge in [-0.15, -0.1) is 11.3 Å². The fraction of sp³-hybridized carbons (Fsp3) is 0.182. The first-order chi connectivity index (χ1) is 14.2. The zero-order chi connectivity index (χ0) is 20.1. The summed E-state index contributed by atoms with van der Waals surface area (Å²) in [6.45, 7) is 2.45. The molecular formula is C22H20ClN3O2S. The van der Waals surface area contributed by atoms with Crippen molar-refractivity contribution in [3.8, 4) is 17.2 Å². The summed E-state index contributed by atoms with van der Waals surface area (Å²) in [6.07, 6.45) is 9.98. The number of para-hydroxylation sites is 1. The molecule has 0 fully saturated rings. The molecule has 0 amide bonds. The Morgan fingerprint density at radius 1 is 1.24 bits per heavy atom. The van der Waals surface area contributed by atoms with Crippen LogP contribution >= 0.6 is 22.9 Å². The number of thiazole rings is 1. The van der Waals surface area contributed by atoms with Crippen LogP contribution in [0.2, 0.25) is 5.02 Å². The second kappa shape index (κ2) is 9.11. The van der Waals surface area contributed by atoms with Crippen molar-refractivity contribution >= 4 is 33.9 Å². The van der Waals surface area contributed by atoms with Crippen LogP contribution in [-0.4, -0.2) is 16.6 Å². The highest BCUT2D eigenvalue weighted by Crippen LogP contribution is 2.34. The molecule has 3 aromatic rings.